The third-order valence-electron chi connectivity index (χ3n) is 3.84. The molecule has 1 unspecified atom stereocenters. The number of alkyl halides is 2. The summed E-state index contributed by atoms with van der Waals surface area (Å²) in [4.78, 5) is 34.3. The number of carbonyl (C=O) groups excluding carboxylic acids is 3. The monoisotopic (exact) mass is 333 g/mol. The summed E-state index contributed by atoms with van der Waals surface area (Å²) >= 11 is 0. The number of hydrogen-bond donors (Lipinski definition) is 1. The fourth-order valence-electron chi connectivity index (χ4n) is 2.41. The Kier molecular flexibility index (Phi) is 8.12. The number of unbranched alkanes of at least 4 members (excludes halogenated alkanes) is 5. The molecule has 0 radical (unpaired) electrons. The molecule has 1 aliphatic rings. The van der Waals surface area contributed by atoms with E-state index < -0.39 is 42.5 Å². The smallest absolute Gasteiger partial charge is 0.328 e. The van der Waals surface area contributed by atoms with Crippen LogP contribution in [0.3, 0.4) is 0 Å². The van der Waals surface area contributed by atoms with Gasteiger partial charge in [-0.3, -0.25) is 9.59 Å². The summed E-state index contributed by atoms with van der Waals surface area (Å²) in [5.41, 5.74) is 0. The van der Waals surface area contributed by atoms with Crippen LogP contribution in [0.4, 0.5) is 8.78 Å². The predicted molar refractivity (Wildman–Crippen MR) is 80.1 cm³/mol. The number of ketones is 1. The molecule has 0 aromatic heterocycles. The zero-order chi connectivity index (χ0) is 17.3. The van der Waals surface area contributed by atoms with Crippen molar-refractivity contribution in [1.29, 1.82) is 0 Å². The van der Waals surface area contributed by atoms with Gasteiger partial charge in [0.2, 0.25) is 11.7 Å². The van der Waals surface area contributed by atoms with Gasteiger partial charge in [-0.15, -0.1) is 0 Å². The largest absolute Gasteiger partial charge is 0.464 e. The van der Waals surface area contributed by atoms with Crippen LogP contribution in [0.25, 0.3) is 0 Å². The second-order valence-electron chi connectivity index (χ2n) is 5.90. The lowest BCUT2D eigenvalue weighted by molar-refractivity contribution is -0.148. The molecular formula is C16H25F2NO4. The van der Waals surface area contributed by atoms with Gasteiger partial charge in [0.1, 0.15) is 6.04 Å². The van der Waals surface area contributed by atoms with E-state index in [1.54, 1.807) is 0 Å². The third-order valence-corrected chi connectivity index (χ3v) is 3.84. The van der Waals surface area contributed by atoms with Gasteiger partial charge >= 0.3 is 11.9 Å². The number of carbonyl (C=O) groups is 3. The summed E-state index contributed by atoms with van der Waals surface area (Å²) in [5, 5.41) is 2.25. The molecule has 1 amide bonds. The molecular weight excluding hydrogens is 308 g/mol. The summed E-state index contributed by atoms with van der Waals surface area (Å²) in [6.07, 6.45) is 3.83. The molecule has 0 aromatic rings. The van der Waals surface area contributed by atoms with E-state index in [9.17, 15) is 23.2 Å². The summed E-state index contributed by atoms with van der Waals surface area (Å²) in [6.45, 7) is 2.26. The summed E-state index contributed by atoms with van der Waals surface area (Å²) < 4.78 is 32.1. The van der Waals surface area contributed by atoms with Crippen molar-refractivity contribution >= 4 is 17.7 Å². The van der Waals surface area contributed by atoms with E-state index in [4.69, 9.17) is 0 Å². The highest BCUT2D eigenvalue weighted by Gasteiger charge is 2.39. The standard InChI is InChI=1S/C16H25F2NO4/c1-2-3-4-5-6-7-9-16(17,18)13(20)11-14(21)19-12-8-10-23-15(12)22/h12H,2-11H2,1H3,(H,19,21). The van der Waals surface area contributed by atoms with E-state index in [1.165, 1.54) is 0 Å². The number of nitrogens with one attached hydrogen (secondary N) is 1. The fraction of sp³-hybridized carbons (Fsp3) is 0.812. The maximum atomic E-state index is 13.7. The zero-order valence-electron chi connectivity index (χ0n) is 13.5. The van der Waals surface area contributed by atoms with Gasteiger partial charge in [-0.05, 0) is 6.42 Å². The minimum atomic E-state index is -3.49. The molecule has 0 saturated carbocycles. The molecule has 132 valence electrons. The van der Waals surface area contributed by atoms with Crippen molar-refractivity contribution < 1.29 is 27.9 Å². The van der Waals surface area contributed by atoms with Gasteiger partial charge in [-0.1, -0.05) is 39.0 Å². The molecule has 23 heavy (non-hydrogen) atoms. The number of esters is 1. The Morgan fingerprint density at radius 2 is 1.87 bits per heavy atom. The first kappa shape index (κ1) is 19.5. The van der Waals surface area contributed by atoms with Crippen LogP contribution in [0, 0.1) is 0 Å². The normalized spacial score (nSPS) is 17.9. The number of halogens is 2. The molecule has 1 fully saturated rings. The van der Waals surface area contributed by atoms with E-state index >= 15 is 0 Å². The molecule has 0 spiro atoms. The van der Waals surface area contributed by atoms with E-state index in [2.05, 4.69) is 17.0 Å². The average Bonchev–Trinajstić information content (AvgIpc) is 2.87. The van der Waals surface area contributed by atoms with Crippen LogP contribution in [-0.2, 0) is 19.1 Å². The van der Waals surface area contributed by atoms with Gasteiger partial charge in [-0.25, -0.2) is 4.79 Å². The van der Waals surface area contributed by atoms with Crippen molar-refractivity contribution in [2.24, 2.45) is 0 Å². The molecule has 1 aliphatic heterocycles. The highest BCUT2D eigenvalue weighted by Crippen LogP contribution is 2.25. The van der Waals surface area contributed by atoms with Crippen LogP contribution in [0.2, 0.25) is 0 Å². The Morgan fingerprint density at radius 1 is 1.22 bits per heavy atom. The first-order valence-electron chi connectivity index (χ1n) is 8.24. The SMILES string of the molecule is CCCCCCCCC(F)(F)C(=O)CC(=O)NC1CCOC1=O. The Balaban J connectivity index is 2.27. The molecule has 1 saturated heterocycles. The first-order chi connectivity index (χ1) is 10.9. The van der Waals surface area contributed by atoms with Crippen molar-refractivity contribution in [3.63, 3.8) is 0 Å². The third kappa shape index (κ3) is 7.05. The number of Topliss-reactive ketones (excluding diaryl/α,β-unsaturated/α-hetero) is 1. The molecule has 1 heterocycles. The molecule has 1 atom stereocenters. The number of amides is 1. The summed E-state index contributed by atoms with van der Waals surface area (Å²) in [6, 6.07) is -0.831. The minimum Gasteiger partial charge on any atom is -0.464 e. The summed E-state index contributed by atoms with van der Waals surface area (Å²) in [7, 11) is 0. The van der Waals surface area contributed by atoms with Gasteiger partial charge in [0.25, 0.3) is 0 Å². The van der Waals surface area contributed by atoms with E-state index in [0.717, 1.165) is 25.7 Å². The summed E-state index contributed by atoms with van der Waals surface area (Å²) in [5.74, 6) is -6.33. The lowest BCUT2D eigenvalue weighted by Crippen LogP contribution is -2.41. The molecule has 1 rings (SSSR count). The number of cyclic esters (lactones) is 1. The highest BCUT2D eigenvalue weighted by molar-refractivity contribution is 6.02. The van der Waals surface area contributed by atoms with Gasteiger partial charge in [0.15, 0.2) is 0 Å². The Labute approximate surface area is 135 Å². The van der Waals surface area contributed by atoms with Crippen molar-refractivity contribution in [2.75, 3.05) is 6.61 Å². The lowest BCUT2D eigenvalue weighted by Gasteiger charge is -2.15. The molecule has 7 heteroatoms. The number of rotatable bonds is 11. The van der Waals surface area contributed by atoms with Gasteiger partial charge in [-0.2, -0.15) is 8.78 Å². The predicted octanol–water partition coefficient (Wildman–Crippen LogP) is 2.76. The van der Waals surface area contributed by atoms with Crippen LogP contribution in [-0.4, -0.2) is 36.2 Å². The quantitative estimate of drug-likeness (QED) is 0.358. The van der Waals surface area contributed by atoms with Gasteiger partial charge in [0.05, 0.1) is 13.0 Å². The lowest BCUT2D eigenvalue weighted by atomic mass is 10.0. The van der Waals surface area contributed by atoms with Crippen LogP contribution in [0.5, 0.6) is 0 Å². The van der Waals surface area contributed by atoms with Gasteiger partial charge in [0, 0.05) is 12.8 Å². The molecule has 0 aromatic carbocycles. The Bertz CT molecular complexity index is 426. The Hall–Kier alpha value is -1.53. The van der Waals surface area contributed by atoms with Crippen molar-refractivity contribution in [1.82, 2.24) is 5.32 Å². The maximum Gasteiger partial charge on any atom is 0.328 e. The van der Waals surface area contributed by atoms with Crippen LogP contribution in [0.1, 0.15) is 64.7 Å². The second-order valence-corrected chi connectivity index (χ2v) is 5.90. The highest BCUT2D eigenvalue weighted by atomic mass is 19.3. The van der Waals surface area contributed by atoms with Crippen molar-refractivity contribution in [3.05, 3.63) is 0 Å². The van der Waals surface area contributed by atoms with E-state index in [0.29, 0.717) is 12.8 Å². The fourth-order valence-corrected chi connectivity index (χ4v) is 2.41. The van der Waals surface area contributed by atoms with Crippen LogP contribution < -0.4 is 5.32 Å². The maximum absolute atomic E-state index is 13.7. The van der Waals surface area contributed by atoms with Gasteiger partial charge < -0.3 is 10.1 Å². The molecule has 0 aliphatic carbocycles. The number of hydrogen-bond acceptors (Lipinski definition) is 4. The van der Waals surface area contributed by atoms with Crippen molar-refractivity contribution in [2.45, 2.75) is 76.7 Å². The molecule has 1 N–H and O–H groups in total. The van der Waals surface area contributed by atoms with Crippen molar-refractivity contribution in [3.8, 4) is 0 Å². The van der Waals surface area contributed by atoms with Crippen LogP contribution in [0.15, 0.2) is 0 Å². The molecule has 0 bridgehead atoms. The first-order valence-corrected chi connectivity index (χ1v) is 8.24. The molecule has 5 nitrogen and oxygen atoms in total. The topological polar surface area (TPSA) is 72.5 Å². The van der Waals surface area contributed by atoms with E-state index in [-0.39, 0.29) is 13.0 Å². The van der Waals surface area contributed by atoms with Crippen LogP contribution >= 0.6 is 0 Å². The second kappa shape index (κ2) is 9.57. The minimum absolute atomic E-state index is 0.186. The average molecular weight is 333 g/mol. The number of ether oxygens (including phenoxy) is 1. The Morgan fingerprint density at radius 3 is 2.48 bits per heavy atom. The van der Waals surface area contributed by atoms with E-state index in [1.807, 2.05) is 0 Å². The zero-order valence-corrected chi connectivity index (χ0v) is 13.5.